The van der Waals surface area contributed by atoms with Gasteiger partial charge >= 0.3 is 0 Å². The zero-order valence-corrected chi connectivity index (χ0v) is 10.4. The van der Waals surface area contributed by atoms with Gasteiger partial charge in [0.15, 0.2) is 0 Å². The Morgan fingerprint density at radius 2 is 2.07 bits per heavy atom. The number of halogens is 1. The predicted octanol–water partition coefficient (Wildman–Crippen LogP) is 3.18. The van der Waals surface area contributed by atoms with Gasteiger partial charge in [0.2, 0.25) is 0 Å². The van der Waals surface area contributed by atoms with Gasteiger partial charge in [0, 0.05) is 15.9 Å². The standard InChI is InChI=1S/C10H11ClO2S2/c11-15(12,13)10-6-2-1-4-8(10)9-5-3-7-14-9/h1-2,4,6,9H,3,5,7H2. The Balaban J connectivity index is 2.46. The van der Waals surface area contributed by atoms with Crippen LogP contribution in [0.5, 0.6) is 0 Å². The summed E-state index contributed by atoms with van der Waals surface area (Å²) in [4.78, 5) is 0.270. The minimum Gasteiger partial charge on any atom is -0.207 e. The first kappa shape index (κ1) is 11.3. The number of rotatable bonds is 2. The molecule has 82 valence electrons. The molecule has 1 aliphatic rings. The Morgan fingerprint density at radius 3 is 2.67 bits per heavy atom. The van der Waals surface area contributed by atoms with Crippen LogP contribution in [0.25, 0.3) is 0 Å². The van der Waals surface area contributed by atoms with E-state index in [0.717, 1.165) is 24.2 Å². The summed E-state index contributed by atoms with van der Waals surface area (Å²) in [6.45, 7) is 0. The van der Waals surface area contributed by atoms with Gasteiger partial charge in [-0.25, -0.2) is 8.42 Å². The van der Waals surface area contributed by atoms with E-state index in [4.69, 9.17) is 10.7 Å². The average Bonchev–Trinajstić information content (AvgIpc) is 2.69. The van der Waals surface area contributed by atoms with E-state index in [1.165, 1.54) is 0 Å². The average molecular weight is 263 g/mol. The van der Waals surface area contributed by atoms with Crippen molar-refractivity contribution in [1.29, 1.82) is 0 Å². The molecule has 0 saturated carbocycles. The van der Waals surface area contributed by atoms with Crippen LogP contribution in [0.1, 0.15) is 23.7 Å². The molecule has 15 heavy (non-hydrogen) atoms. The third kappa shape index (κ3) is 2.49. The second kappa shape index (κ2) is 4.36. The van der Waals surface area contributed by atoms with Crippen molar-refractivity contribution in [1.82, 2.24) is 0 Å². The third-order valence-electron chi connectivity index (χ3n) is 2.46. The van der Waals surface area contributed by atoms with Crippen LogP contribution >= 0.6 is 22.4 Å². The molecule has 1 fully saturated rings. The minimum atomic E-state index is -3.61. The molecule has 5 heteroatoms. The van der Waals surface area contributed by atoms with Crippen LogP contribution in [-0.2, 0) is 9.05 Å². The maximum atomic E-state index is 11.4. The van der Waals surface area contributed by atoms with Gasteiger partial charge in [0.1, 0.15) is 0 Å². The monoisotopic (exact) mass is 262 g/mol. The summed E-state index contributed by atoms with van der Waals surface area (Å²) >= 11 is 1.80. The Labute approximate surface area is 98.4 Å². The first-order valence-electron chi connectivity index (χ1n) is 4.74. The minimum absolute atomic E-state index is 0.270. The van der Waals surface area contributed by atoms with E-state index in [2.05, 4.69) is 0 Å². The lowest BCUT2D eigenvalue weighted by atomic mass is 10.1. The highest BCUT2D eigenvalue weighted by Crippen LogP contribution is 2.42. The van der Waals surface area contributed by atoms with E-state index in [0.29, 0.717) is 0 Å². The summed E-state index contributed by atoms with van der Waals surface area (Å²) in [7, 11) is 1.79. The molecular weight excluding hydrogens is 252 g/mol. The highest BCUT2D eigenvalue weighted by molar-refractivity contribution is 8.13. The number of hydrogen-bond acceptors (Lipinski definition) is 3. The maximum absolute atomic E-state index is 11.4. The van der Waals surface area contributed by atoms with E-state index >= 15 is 0 Å². The molecule has 1 heterocycles. The van der Waals surface area contributed by atoms with Crippen molar-refractivity contribution in [2.45, 2.75) is 23.0 Å². The molecule has 0 radical (unpaired) electrons. The largest absolute Gasteiger partial charge is 0.261 e. The van der Waals surface area contributed by atoms with Gasteiger partial charge in [0.05, 0.1) is 4.90 Å². The lowest BCUT2D eigenvalue weighted by Crippen LogP contribution is -1.99. The van der Waals surface area contributed by atoms with Crippen molar-refractivity contribution in [3.63, 3.8) is 0 Å². The fourth-order valence-electron chi connectivity index (χ4n) is 1.79. The lowest BCUT2D eigenvalue weighted by Gasteiger charge is -2.12. The fourth-order valence-corrected chi connectivity index (χ4v) is 4.36. The number of benzene rings is 1. The Bertz CT molecular complexity index is 450. The molecule has 2 nitrogen and oxygen atoms in total. The molecule has 1 aromatic rings. The first-order chi connectivity index (χ1) is 7.09. The summed E-state index contributed by atoms with van der Waals surface area (Å²) in [6.07, 6.45) is 2.18. The topological polar surface area (TPSA) is 34.1 Å². The van der Waals surface area contributed by atoms with Crippen molar-refractivity contribution in [2.24, 2.45) is 0 Å². The van der Waals surface area contributed by atoms with Gasteiger partial charge in [-0.3, -0.25) is 0 Å². The van der Waals surface area contributed by atoms with Crippen molar-refractivity contribution in [3.05, 3.63) is 29.8 Å². The van der Waals surface area contributed by atoms with Crippen LogP contribution < -0.4 is 0 Å². The summed E-state index contributed by atoms with van der Waals surface area (Å²) in [5.74, 6) is 1.10. The maximum Gasteiger partial charge on any atom is 0.261 e. The van der Waals surface area contributed by atoms with E-state index in [-0.39, 0.29) is 10.1 Å². The van der Waals surface area contributed by atoms with Gasteiger partial charge < -0.3 is 0 Å². The molecular formula is C10H11ClO2S2. The molecule has 1 unspecified atom stereocenters. The number of hydrogen-bond donors (Lipinski definition) is 0. The van der Waals surface area contributed by atoms with Crippen LogP contribution in [0.15, 0.2) is 29.2 Å². The molecule has 1 aromatic carbocycles. The smallest absolute Gasteiger partial charge is 0.207 e. The molecule has 0 N–H and O–H groups in total. The third-order valence-corrected chi connectivity index (χ3v) is 5.27. The summed E-state index contributed by atoms with van der Waals surface area (Å²) < 4.78 is 22.7. The highest BCUT2D eigenvalue weighted by Gasteiger charge is 2.24. The first-order valence-corrected chi connectivity index (χ1v) is 8.10. The van der Waals surface area contributed by atoms with Crippen molar-refractivity contribution in [3.8, 4) is 0 Å². The molecule has 0 bridgehead atoms. The Kier molecular flexibility index (Phi) is 3.28. The van der Waals surface area contributed by atoms with Crippen LogP contribution in [0.2, 0.25) is 0 Å². The van der Waals surface area contributed by atoms with E-state index in [9.17, 15) is 8.42 Å². The predicted molar refractivity (Wildman–Crippen MR) is 63.9 cm³/mol. The molecule has 0 aromatic heterocycles. The van der Waals surface area contributed by atoms with Crippen LogP contribution in [-0.4, -0.2) is 14.2 Å². The van der Waals surface area contributed by atoms with E-state index in [1.54, 1.807) is 23.9 Å². The Morgan fingerprint density at radius 1 is 1.33 bits per heavy atom. The van der Waals surface area contributed by atoms with Gasteiger partial charge in [-0.15, -0.1) is 0 Å². The summed E-state index contributed by atoms with van der Waals surface area (Å²) in [6, 6.07) is 7.01. The molecule has 1 atom stereocenters. The zero-order valence-electron chi connectivity index (χ0n) is 8.02. The lowest BCUT2D eigenvalue weighted by molar-refractivity contribution is 0.608. The molecule has 0 spiro atoms. The SMILES string of the molecule is O=S(=O)(Cl)c1ccccc1C1CCCS1. The highest BCUT2D eigenvalue weighted by atomic mass is 35.7. The quantitative estimate of drug-likeness (QED) is 0.768. The second-order valence-electron chi connectivity index (χ2n) is 3.48. The van der Waals surface area contributed by atoms with Gasteiger partial charge in [-0.05, 0) is 30.2 Å². The summed E-state index contributed by atoms with van der Waals surface area (Å²) in [5.41, 5.74) is 0.856. The Hall–Kier alpha value is -0.190. The van der Waals surface area contributed by atoms with E-state index < -0.39 is 9.05 Å². The van der Waals surface area contributed by atoms with Crippen molar-refractivity contribution >= 4 is 31.5 Å². The van der Waals surface area contributed by atoms with Gasteiger partial charge in [-0.1, -0.05) is 18.2 Å². The molecule has 0 amide bonds. The van der Waals surface area contributed by atoms with Crippen LogP contribution in [0.4, 0.5) is 0 Å². The van der Waals surface area contributed by atoms with E-state index in [1.807, 2.05) is 12.1 Å². The van der Waals surface area contributed by atoms with Crippen molar-refractivity contribution in [2.75, 3.05) is 5.75 Å². The second-order valence-corrected chi connectivity index (χ2v) is 7.32. The van der Waals surface area contributed by atoms with Gasteiger partial charge in [0.25, 0.3) is 9.05 Å². The van der Waals surface area contributed by atoms with Gasteiger partial charge in [-0.2, -0.15) is 11.8 Å². The molecule has 0 aliphatic carbocycles. The fraction of sp³-hybridized carbons (Fsp3) is 0.400. The molecule has 1 aliphatic heterocycles. The van der Waals surface area contributed by atoms with Crippen molar-refractivity contribution < 1.29 is 8.42 Å². The summed E-state index contributed by atoms with van der Waals surface area (Å²) in [5, 5.41) is 0.287. The number of thioether (sulfide) groups is 1. The van der Waals surface area contributed by atoms with Crippen LogP contribution in [0.3, 0.4) is 0 Å². The normalized spacial score (nSPS) is 21.8. The van der Waals surface area contributed by atoms with Crippen LogP contribution in [0, 0.1) is 0 Å². The molecule has 2 rings (SSSR count). The molecule has 1 saturated heterocycles. The zero-order chi connectivity index (χ0) is 10.9.